The Kier molecular flexibility index (Phi) is 3.39. The molecule has 1 heterocycles. The largest absolute Gasteiger partial charge is 0.391 e. The molecule has 1 aromatic rings. The molecule has 0 aromatic carbocycles. The number of hydrogen-bond acceptors (Lipinski definition) is 5. The maximum absolute atomic E-state index is 11.8. The summed E-state index contributed by atoms with van der Waals surface area (Å²) in [4.78, 5) is 13.1. The van der Waals surface area contributed by atoms with Crippen LogP contribution in [0.1, 0.15) is 18.5 Å². The Balaban J connectivity index is 2.08. The van der Waals surface area contributed by atoms with E-state index in [9.17, 15) is 18.3 Å². The molecular weight excluding hydrogens is 264 g/mol. The molecule has 0 aliphatic heterocycles. The molecule has 2 rings (SSSR count). The lowest BCUT2D eigenvalue weighted by Crippen LogP contribution is -2.33. The van der Waals surface area contributed by atoms with Crippen LogP contribution in [0.2, 0.25) is 0 Å². The van der Waals surface area contributed by atoms with E-state index in [4.69, 9.17) is 0 Å². The monoisotopic (exact) mass is 278 g/mol. The second-order valence-electron chi connectivity index (χ2n) is 4.18. The molecule has 6 nitrogen and oxygen atoms in total. The molecule has 96 valence electrons. The molecule has 1 unspecified atom stereocenters. The third-order valence-electron chi connectivity index (χ3n) is 2.67. The summed E-state index contributed by atoms with van der Waals surface area (Å²) in [7, 11) is -3.69. The minimum Gasteiger partial charge on any atom is -0.391 e. The Morgan fingerprint density at radius 1 is 1.59 bits per heavy atom. The Hall–Kier alpha value is -0.700. The quantitative estimate of drug-likeness (QED) is 0.694. The summed E-state index contributed by atoms with van der Waals surface area (Å²) in [5.41, 5.74) is 0.327. The number of H-pyrrole nitrogens is 1. The number of rotatable bonds is 5. The SMILES string of the molecule is Cc1[nH]c(=O)sc1S(=O)(=O)NCC(O)C1CC1. The van der Waals surface area contributed by atoms with Gasteiger partial charge in [-0.3, -0.25) is 4.79 Å². The highest BCUT2D eigenvalue weighted by Gasteiger charge is 2.31. The first-order valence-corrected chi connectivity index (χ1v) is 7.57. The van der Waals surface area contributed by atoms with Gasteiger partial charge in [-0.05, 0) is 25.7 Å². The van der Waals surface area contributed by atoms with Crippen LogP contribution in [0.4, 0.5) is 0 Å². The lowest BCUT2D eigenvalue weighted by atomic mass is 10.2. The van der Waals surface area contributed by atoms with Crippen LogP contribution in [-0.2, 0) is 10.0 Å². The second kappa shape index (κ2) is 4.52. The van der Waals surface area contributed by atoms with E-state index < -0.39 is 21.0 Å². The van der Waals surface area contributed by atoms with Gasteiger partial charge in [0.25, 0.3) is 10.0 Å². The van der Waals surface area contributed by atoms with Crippen molar-refractivity contribution in [1.29, 1.82) is 0 Å². The van der Waals surface area contributed by atoms with Gasteiger partial charge in [-0.1, -0.05) is 11.3 Å². The summed E-state index contributed by atoms with van der Waals surface area (Å²) < 4.78 is 26.0. The molecule has 0 saturated heterocycles. The highest BCUT2D eigenvalue weighted by molar-refractivity contribution is 7.91. The molecule has 3 N–H and O–H groups in total. The van der Waals surface area contributed by atoms with Crippen LogP contribution in [0, 0.1) is 12.8 Å². The Labute approximate surface area is 103 Å². The van der Waals surface area contributed by atoms with Gasteiger partial charge in [0, 0.05) is 12.2 Å². The zero-order valence-electron chi connectivity index (χ0n) is 9.26. The van der Waals surface area contributed by atoms with Crippen molar-refractivity contribution in [3.8, 4) is 0 Å². The molecular formula is C9H14N2O4S2. The molecule has 17 heavy (non-hydrogen) atoms. The summed E-state index contributed by atoms with van der Waals surface area (Å²) in [5.74, 6) is 0.212. The first kappa shape index (κ1) is 12.7. The van der Waals surface area contributed by atoms with Crippen LogP contribution in [0.3, 0.4) is 0 Å². The number of aryl methyl sites for hydroxylation is 1. The minimum atomic E-state index is -3.69. The normalized spacial score (nSPS) is 18.2. The van der Waals surface area contributed by atoms with E-state index in [1.807, 2.05) is 0 Å². The lowest BCUT2D eigenvalue weighted by Gasteiger charge is -2.10. The van der Waals surface area contributed by atoms with Crippen LogP contribution in [0.25, 0.3) is 0 Å². The van der Waals surface area contributed by atoms with Crippen LogP contribution in [-0.4, -0.2) is 31.2 Å². The predicted molar refractivity (Wildman–Crippen MR) is 63.6 cm³/mol. The Bertz CT molecular complexity index is 556. The summed E-state index contributed by atoms with van der Waals surface area (Å²) >= 11 is 0.654. The molecule has 1 aromatic heterocycles. The fourth-order valence-corrected chi connectivity index (χ4v) is 3.95. The third kappa shape index (κ3) is 2.95. The van der Waals surface area contributed by atoms with Gasteiger partial charge >= 0.3 is 4.87 Å². The average molecular weight is 278 g/mol. The molecule has 0 radical (unpaired) electrons. The van der Waals surface area contributed by atoms with E-state index in [1.54, 1.807) is 0 Å². The van der Waals surface area contributed by atoms with Crippen molar-refractivity contribution < 1.29 is 13.5 Å². The van der Waals surface area contributed by atoms with Crippen molar-refractivity contribution in [3.63, 3.8) is 0 Å². The van der Waals surface area contributed by atoms with E-state index in [2.05, 4.69) is 9.71 Å². The molecule has 0 bridgehead atoms. The molecule has 1 saturated carbocycles. The predicted octanol–water partition coefficient (Wildman–Crippen LogP) is -0.206. The Morgan fingerprint density at radius 2 is 2.24 bits per heavy atom. The third-order valence-corrected chi connectivity index (χ3v) is 5.70. The number of aliphatic hydroxyl groups excluding tert-OH is 1. The van der Waals surface area contributed by atoms with E-state index in [0.717, 1.165) is 12.8 Å². The minimum absolute atomic E-state index is 0.00146. The molecule has 1 fully saturated rings. The van der Waals surface area contributed by atoms with Crippen molar-refractivity contribution in [2.75, 3.05) is 6.54 Å². The first-order chi connectivity index (χ1) is 7.90. The first-order valence-electron chi connectivity index (χ1n) is 5.27. The maximum atomic E-state index is 11.8. The fraction of sp³-hybridized carbons (Fsp3) is 0.667. The highest BCUT2D eigenvalue weighted by Crippen LogP contribution is 2.32. The summed E-state index contributed by atoms with van der Waals surface area (Å²) in [5, 5.41) is 9.58. The number of aromatic amines is 1. The van der Waals surface area contributed by atoms with Crippen molar-refractivity contribution in [3.05, 3.63) is 15.4 Å². The average Bonchev–Trinajstić information content (AvgIpc) is 3.01. The summed E-state index contributed by atoms with van der Waals surface area (Å²) in [6.07, 6.45) is 1.25. The van der Waals surface area contributed by atoms with Crippen molar-refractivity contribution in [2.45, 2.75) is 30.1 Å². The molecule has 1 aliphatic carbocycles. The smallest absolute Gasteiger partial charge is 0.305 e. The number of thiazole rings is 1. The Morgan fingerprint density at radius 3 is 2.71 bits per heavy atom. The topological polar surface area (TPSA) is 99.3 Å². The highest BCUT2D eigenvalue weighted by atomic mass is 32.2. The van der Waals surface area contributed by atoms with Crippen LogP contribution >= 0.6 is 11.3 Å². The summed E-state index contributed by atoms with van der Waals surface area (Å²) in [6, 6.07) is 0. The van der Waals surface area contributed by atoms with Gasteiger partial charge in [-0.2, -0.15) is 0 Å². The van der Waals surface area contributed by atoms with E-state index in [-0.39, 0.29) is 16.7 Å². The van der Waals surface area contributed by atoms with Gasteiger partial charge in [0.15, 0.2) is 4.21 Å². The van der Waals surface area contributed by atoms with Crippen molar-refractivity contribution >= 4 is 21.4 Å². The number of aromatic nitrogens is 1. The summed E-state index contributed by atoms with van der Waals surface area (Å²) in [6.45, 7) is 1.53. The van der Waals surface area contributed by atoms with Crippen LogP contribution in [0.15, 0.2) is 9.00 Å². The molecule has 0 spiro atoms. The van der Waals surface area contributed by atoms with Gasteiger partial charge in [0.05, 0.1) is 6.10 Å². The van der Waals surface area contributed by atoms with E-state index >= 15 is 0 Å². The van der Waals surface area contributed by atoms with Crippen LogP contribution < -0.4 is 9.60 Å². The van der Waals surface area contributed by atoms with Crippen molar-refractivity contribution in [2.24, 2.45) is 5.92 Å². The van der Waals surface area contributed by atoms with Crippen molar-refractivity contribution in [1.82, 2.24) is 9.71 Å². The molecule has 1 atom stereocenters. The maximum Gasteiger partial charge on any atom is 0.305 e. The second-order valence-corrected chi connectivity index (χ2v) is 7.13. The van der Waals surface area contributed by atoms with Gasteiger partial charge in [-0.25, -0.2) is 13.1 Å². The molecule has 8 heteroatoms. The standard InChI is InChI=1S/C9H14N2O4S2/c1-5-8(16-9(13)11-5)17(14,15)10-4-7(12)6-2-3-6/h6-7,10,12H,2-4H2,1H3,(H,11,13). The number of sulfonamides is 1. The number of aliphatic hydroxyl groups is 1. The zero-order chi connectivity index (χ0) is 12.6. The van der Waals surface area contributed by atoms with Crippen LogP contribution in [0.5, 0.6) is 0 Å². The van der Waals surface area contributed by atoms with E-state index in [0.29, 0.717) is 17.0 Å². The fourth-order valence-electron chi connectivity index (χ4n) is 1.56. The van der Waals surface area contributed by atoms with E-state index in [1.165, 1.54) is 6.92 Å². The number of hydrogen-bond donors (Lipinski definition) is 3. The van der Waals surface area contributed by atoms with Gasteiger partial charge < -0.3 is 10.1 Å². The van der Waals surface area contributed by atoms with Gasteiger partial charge in [0.2, 0.25) is 0 Å². The molecule has 1 aliphatic rings. The zero-order valence-corrected chi connectivity index (χ0v) is 10.9. The molecule has 0 amide bonds. The van der Waals surface area contributed by atoms with Gasteiger partial charge in [0.1, 0.15) is 0 Å². The van der Waals surface area contributed by atoms with Gasteiger partial charge in [-0.15, -0.1) is 0 Å². The lowest BCUT2D eigenvalue weighted by molar-refractivity contribution is 0.155. The number of nitrogens with one attached hydrogen (secondary N) is 2.